The number of nitrogens with zero attached hydrogens (tertiary/aromatic N) is 2. The molecule has 2 aromatic rings. The van der Waals surface area contributed by atoms with Crippen molar-refractivity contribution in [3.63, 3.8) is 0 Å². The topological polar surface area (TPSA) is 56.8 Å². The third kappa shape index (κ3) is 4.96. The van der Waals surface area contributed by atoms with Crippen LogP contribution in [0.1, 0.15) is 30.5 Å². The van der Waals surface area contributed by atoms with Gasteiger partial charge in [-0.1, -0.05) is 42.5 Å². The Morgan fingerprint density at radius 1 is 1.00 bits per heavy atom. The largest absolute Gasteiger partial charge is 0.494 e. The van der Waals surface area contributed by atoms with Gasteiger partial charge in [0.25, 0.3) is 0 Å². The summed E-state index contributed by atoms with van der Waals surface area (Å²) in [5.74, 6) is 1.12. The van der Waals surface area contributed by atoms with Crippen LogP contribution < -0.4 is 15.6 Å². The number of hydrogen-bond donors (Lipinski definition) is 2. The fourth-order valence-electron chi connectivity index (χ4n) is 4.08. The van der Waals surface area contributed by atoms with Gasteiger partial charge in [-0.25, -0.2) is 10.9 Å². The molecule has 154 valence electrons. The van der Waals surface area contributed by atoms with Crippen molar-refractivity contribution >= 4 is 5.91 Å². The van der Waals surface area contributed by atoms with Crippen LogP contribution in [0.15, 0.2) is 54.6 Å². The number of amides is 1. The predicted octanol–water partition coefficient (Wildman–Crippen LogP) is 2.34. The normalized spacial score (nSPS) is 22.6. The lowest BCUT2D eigenvalue weighted by molar-refractivity contribution is -0.135. The van der Waals surface area contributed by atoms with E-state index >= 15 is 0 Å². The van der Waals surface area contributed by atoms with E-state index in [0.29, 0.717) is 6.61 Å². The SMILES string of the molecule is CCOc1ccc(CN2CCN(C(=O)C3CC(c4ccccc4)NN3)CC2)cc1. The van der Waals surface area contributed by atoms with Crippen LogP contribution in [0, 0.1) is 0 Å². The molecule has 2 heterocycles. The van der Waals surface area contributed by atoms with Crippen molar-refractivity contribution < 1.29 is 9.53 Å². The lowest BCUT2D eigenvalue weighted by Gasteiger charge is -2.35. The highest BCUT2D eigenvalue weighted by Gasteiger charge is 2.33. The minimum absolute atomic E-state index is 0.155. The molecule has 0 aromatic heterocycles. The van der Waals surface area contributed by atoms with Gasteiger partial charge in [-0.2, -0.15) is 0 Å². The second-order valence-corrected chi connectivity index (χ2v) is 7.72. The third-order valence-electron chi connectivity index (χ3n) is 5.73. The summed E-state index contributed by atoms with van der Waals surface area (Å²) in [6.45, 7) is 6.96. The van der Waals surface area contributed by atoms with E-state index in [4.69, 9.17) is 4.74 Å². The molecule has 0 spiro atoms. The Balaban J connectivity index is 1.24. The van der Waals surface area contributed by atoms with Crippen LogP contribution >= 0.6 is 0 Å². The van der Waals surface area contributed by atoms with E-state index in [9.17, 15) is 4.79 Å². The van der Waals surface area contributed by atoms with Crippen molar-refractivity contribution in [3.05, 3.63) is 65.7 Å². The van der Waals surface area contributed by atoms with E-state index in [0.717, 1.165) is 44.9 Å². The van der Waals surface area contributed by atoms with E-state index in [2.05, 4.69) is 40.0 Å². The molecule has 6 heteroatoms. The quantitative estimate of drug-likeness (QED) is 0.788. The van der Waals surface area contributed by atoms with Gasteiger partial charge in [-0.15, -0.1) is 0 Å². The maximum absolute atomic E-state index is 12.9. The molecule has 2 aliphatic heterocycles. The molecule has 1 amide bonds. The van der Waals surface area contributed by atoms with Gasteiger partial charge in [-0.3, -0.25) is 9.69 Å². The first kappa shape index (κ1) is 19.9. The Kier molecular flexibility index (Phi) is 6.44. The number of ether oxygens (including phenoxy) is 1. The zero-order valence-corrected chi connectivity index (χ0v) is 17.0. The first-order chi connectivity index (χ1) is 14.2. The highest BCUT2D eigenvalue weighted by atomic mass is 16.5. The molecule has 2 aromatic carbocycles. The van der Waals surface area contributed by atoms with Crippen molar-refractivity contribution in [2.24, 2.45) is 0 Å². The van der Waals surface area contributed by atoms with E-state index in [1.807, 2.05) is 42.2 Å². The molecule has 2 N–H and O–H groups in total. The van der Waals surface area contributed by atoms with Crippen molar-refractivity contribution in [1.29, 1.82) is 0 Å². The number of piperazine rings is 1. The van der Waals surface area contributed by atoms with Crippen LogP contribution in [0.4, 0.5) is 0 Å². The van der Waals surface area contributed by atoms with E-state index in [-0.39, 0.29) is 18.0 Å². The highest BCUT2D eigenvalue weighted by molar-refractivity contribution is 5.82. The van der Waals surface area contributed by atoms with Gasteiger partial charge < -0.3 is 9.64 Å². The molecule has 0 radical (unpaired) electrons. The zero-order valence-electron chi connectivity index (χ0n) is 17.0. The van der Waals surface area contributed by atoms with E-state index < -0.39 is 0 Å². The van der Waals surface area contributed by atoms with Crippen molar-refractivity contribution in [2.45, 2.75) is 32.0 Å². The fourth-order valence-corrected chi connectivity index (χ4v) is 4.08. The number of nitrogens with one attached hydrogen (secondary N) is 2. The summed E-state index contributed by atoms with van der Waals surface area (Å²) in [4.78, 5) is 17.3. The molecule has 2 fully saturated rings. The van der Waals surface area contributed by atoms with Crippen molar-refractivity contribution in [3.8, 4) is 5.75 Å². The molecular formula is C23H30N4O2. The Morgan fingerprint density at radius 2 is 1.72 bits per heavy atom. The number of carbonyl (C=O) groups is 1. The van der Waals surface area contributed by atoms with Gasteiger partial charge in [-0.05, 0) is 36.6 Å². The van der Waals surface area contributed by atoms with Gasteiger partial charge in [0.2, 0.25) is 5.91 Å². The van der Waals surface area contributed by atoms with Crippen LogP contribution in [0.3, 0.4) is 0 Å². The molecule has 29 heavy (non-hydrogen) atoms. The van der Waals surface area contributed by atoms with E-state index in [1.165, 1.54) is 11.1 Å². The van der Waals surface area contributed by atoms with Crippen LogP contribution in [0.25, 0.3) is 0 Å². The Morgan fingerprint density at radius 3 is 2.41 bits per heavy atom. The zero-order chi connectivity index (χ0) is 20.1. The first-order valence-corrected chi connectivity index (χ1v) is 10.5. The summed E-state index contributed by atoms with van der Waals surface area (Å²) in [6.07, 6.45) is 0.787. The second kappa shape index (κ2) is 9.39. The average Bonchev–Trinajstić information content (AvgIpc) is 3.26. The average molecular weight is 395 g/mol. The molecule has 0 saturated carbocycles. The summed E-state index contributed by atoms with van der Waals surface area (Å²) >= 11 is 0. The Hall–Kier alpha value is -2.41. The number of hydrazine groups is 1. The molecule has 2 unspecified atom stereocenters. The lowest BCUT2D eigenvalue weighted by Crippen LogP contribution is -2.53. The maximum atomic E-state index is 12.9. The number of benzene rings is 2. The summed E-state index contributed by atoms with van der Waals surface area (Å²) < 4.78 is 5.51. The standard InChI is InChI=1S/C23H30N4O2/c1-2-29-20-10-8-18(9-11-20)17-26-12-14-27(15-13-26)23(28)22-16-21(24-25-22)19-6-4-3-5-7-19/h3-11,21-22,24-25H,2,12-17H2,1H3. The monoisotopic (exact) mass is 394 g/mol. The lowest BCUT2D eigenvalue weighted by atomic mass is 10.0. The van der Waals surface area contributed by atoms with Crippen LogP contribution in [-0.4, -0.2) is 54.5 Å². The molecule has 2 saturated heterocycles. The smallest absolute Gasteiger partial charge is 0.241 e. The van der Waals surface area contributed by atoms with Crippen molar-refractivity contribution in [2.75, 3.05) is 32.8 Å². The van der Waals surface area contributed by atoms with Gasteiger partial charge in [0.15, 0.2) is 0 Å². The summed E-state index contributed by atoms with van der Waals surface area (Å²) in [5, 5.41) is 0. The fraction of sp³-hybridized carbons (Fsp3) is 0.435. The van der Waals surface area contributed by atoms with Crippen molar-refractivity contribution in [1.82, 2.24) is 20.7 Å². The first-order valence-electron chi connectivity index (χ1n) is 10.5. The Labute approximate surface area is 172 Å². The van der Waals surface area contributed by atoms with Gasteiger partial charge in [0, 0.05) is 38.8 Å². The summed E-state index contributed by atoms with van der Waals surface area (Å²) in [5.41, 5.74) is 8.98. The minimum Gasteiger partial charge on any atom is -0.494 e. The number of carbonyl (C=O) groups excluding carboxylic acids is 1. The molecule has 0 bridgehead atoms. The predicted molar refractivity (Wildman–Crippen MR) is 113 cm³/mol. The number of hydrogen-bond acceptors (Lipinski definition) is 5. The highest BCUT2D eigenvalue weighted by Crippen LogP contribution is 2.23. The maximum Gasteiger partial charge on any atom is 0.241 e. The van der Waals surface area contributed by atoms with Crippen LogP contribution in [0.5, 0.6) is 5.75 Å². The molecule has 4 rings (SSSR count). The van der Waals surface area contributed by atoms with E-state index in [1.54, 1.807) is 0 Å². The summed E-state index contributed by atoms with van der Waals surface area (Å²) in [6, 6.07) is 18.6. The van der Waals surface area contributed by atoms with Gasteiger partial charge >= 0.3 is 0 Å². The second-order valence-electron chi connectivity index (χ2n) is 7.72. The molecule has 2 atom stereocenters. The molecule has 0 aliphatic carbocycles. The van der Waals surface area contributed by atoms with Gasteiger partial charge in [0.05, 0.1) is 6.61 Å². The molecular weight excluding hydrogens is 364 g/mol. The third-order valence-corrected chi connectivity index (χ3v) is 5.73. The summed E-state index contributed by atoms with van der Waals surface area (Å²) in [7, 11) is 0. The Bertz CT molecular complexity index is 788. The van der Waals surface area contributed by atoms with Gasteiger partial charge in [0.1, 0.15) is 11.8 Å². The molecule has 6 nitrogen and oxygen atoms in total. The van der Waals surface area contributed by atoms with Crippen LogP contribution in [-0.2, 0) is 11.3 Å². The number of rotatable bonds is 6. The van der Waals surface area contributed by atoms with Crippen LogP contribution in [0.2, 0.25) is 0 Å². The molecule has 2 aliphatic rings. The minimum atomic E-state index is -0.155.